The summed E-state index contributed by atoms with van der Waals surface area (Å²) in [4.78, 5) is 17.5. The number of carbonyl (C=O) groups is 1. The van der Waals surface area contributed by atoms with Crippen LogP contribution in [0.25, 0.3) is 11.0 Å². The first-order valence-corrected chi connectivity index (χ1v) is 9.88. The molecule has 2 atom stereocenters. The van der Waals surface area contributed by atoms with Gasteiger partial charge < -0.3 is 9.88 Å². The van der Waals surface area contributed by atoms with Crippen LogP contribution in [0, 0.1) is 5.92 Å². The number of nitrogens with one attached hydrogen (secondary N) is 1. The van der Waals surface area contributed by atoms with Gasteiger partial charge in [-0.05, 0) is 44.4 Å². The summed E-state index contributed by atoms with van der Waals surface area (Å²) in [5, 5.41) is 3.18. The Balaban J connectivity index is 2.01. The molecular weight excluding hydrogens is 334 g/mol. The molecule has 0 bridgehead atoms. The average Bonchev–Trinajstić information content (AvgIpc) is 3.08. The molecule has 0 radical (unpaired) electrons. The van der Waals surface area contributed by atoms with Crippen molar-refractivity contribution in [1.82, 2.24) is 14.9 Å². The minimum absolute atomic E-state index is 0.0526. The number of nitrogens with zero attached hydrogens (tertiary/aromatic N) is 2. The molecule has 1 amide bonds. The molecule has 1 N–H and O–H groups in total. The molecular formula is C23H29N3O. The Kier molecular flexibility index (Phi) is 5.94. The number of fused-ring (bicyclic) bond motifs is 1. The third-order valence-electron chi connectivity index (χ3n) is 5.39. The van der Waals surface area contributed by atoms with E-state index in [2.05, 4.69) is 61.0 Å². The second-order valence-electron chi connectivity index (χ2n) is 7.16. The summed E-state index contributed by atoms with van der Waals surface area (Å²) in [7, 11) is 0. The molecule has 0 aliphatic carbocycles. The SMILES string of the molecule is CCC(CC)C(=O)NC(C)c1nc2ccccc2n1C(C)c1ccccc1. The zero-order valence-electron chi connectivity index (χ0n) is 16.6. The highest BCUT2D eigenvalue weighted by atomic mass is 16.1. The summed E-state index contributed by atoms with van der Waals surface area (Å²) in [5.41, 5.74) is 3.27. The highest BCUT2D eigenvalue weighted by Gasteiger charge is 2.24. The van der Waals surface area contributed by atoms with E-state index in [0.717, 1.165) is 29.7 Å². The van der Waals surface area contributed by atoms with Crippen LogP contribution < -0.4 is 5.32 Å². The molecule has 0 saturated carbocycles. The number of rotatable bonds is 7. The minimum Gasteiger partial charge on any atom is -0.346 e. The first-order valence-electron chi connectivity index (χ1n) is 9.88. The number of hydrogen-bond acceptors (Lipinski definition) is 2. The van der Waals surface area contributed by atoms with Crippen LogP contribution in [0.1, 0.15) is 64.0 Å². The number of hydrogen-bond donors (Lipinski definition) is 1. The molecule has 4 nitrogen and oxygen atoms in total. The normalized spacial score (nSPS) is 13.7. The van der Waals surface area contributed by atoms with Gasteiger partial charge in [0, 0.05) is 5.92 Å². The molecule has 0 aliphatic rings. The Morgan fingerprint density at radius 3 is 2.30 bits per heavy atom. The first-order chi connectivity index (χ1) is 13.1. The molecule has 142 valence electrons. The summed E-state index contributed by atoms with van der Waals surface area (Å²) in [6, 6.07) is 18.6. The maximum absolute atomic E-state index is 12.6. The van der Waals surface area contributed by atoms with Gasteiger partial charge in [-0.15, -0.1) is 0 Å². The Hall–Kier alpha value is -2.62. The van der Waals surface area contributed by atoms with Crippen LogP contribution in [0.15, 0.2) is 54.6 Å². The van der Waals surface area contributed by atoms with Gasteiger partial charge in [0.05, 0.1) is 23.1 Å². The van der Waals surface area contributed by atoms with E-state index < -0.39 is 0 Å². The van der Waals surface area contributed by atoms with E-state index in [-0.39, 0.29) is 23.9 Å². The molecule has 27 heavy (non-hydrogen) atoms. The molecule has 2 unspecified atom stereocenters. The fraction of sp³-hybridized carbons (Fsp3) is 0.391. The van der Waals surface area contributed by atoms with Gasteiger partial charge in [-0.3, -0.25) is 4.79 Å². The van der Waals surface area contributed by atoms with Crippen LogP contribution in [0.5, 0.6) is 0 Å². The Morgan fingerprint density at radius 1 is 1.00 bits per heavy atom. The molecule has 0 saturated heterocycles. The summed E-state index contributed by atoms with van der Waals surface area (Å²) in [6.07, 6.45) is 1.71. The molecule has 0 fully saturated rings. The van der Waals surface area contributed by atoms with Crippen LogP contribution in [-0.2, 0) is 4.79 Å². The van der Waals surface area contributed by atoms with Gasteiger partial charge in [0.2, 0.25) is 5.91 Å². The second kappa shape index (κ2) is 8.38. The van der Waals surface area contributed by atoms with Gasteiger partial charge in [-0.25, -0.2) is 4.98 Å². The van der Waals surface area contributed by atoms with Crippen molar-refractivity contribution in [2.75, 3.05) is 0 Å². The van der Waals surface area contributed by atoms with Crippen molar-refractivity contribution in [2.24, 2.45) is 5.92 Å². The lowest BCUT2D eigenvalue weighted by Gasteiger charge is -2.23. The van der Waals surface area contributed by atoms with Crippen LogP contribution in [0.4, 0.5) is 0 Å². The predicted octanol–water partition coefficient (Wildman–Crippen LogP) is 5.26. The van der Waals surface area contributed by atoms with E-state index in [9.17, 15) is 4.79 Å². The van der Waals surface area contributed by atoms with Gasteiger partial charge in [-0.2, -0.15) is 0 Å². The summed E-state index contributed by atoms with van der Waals surface area (Å²) < 4.78 is 2.25. The third-order valence-corrected chi connectivity index (χ3v) is 5.39. The van der Waals surface area contributed by atoms with Gasteiger partial charge in [0.15, 0.2) is 0 Å². The third kappa shape index (κ3) is 3.90. The standard InChI is InChI=1S/C23H29N3O/c1-5-18(6-2)23(27)24-16(3)22-25-20-14-10-11-15-21(20)26(22)17(4)19-12-8-7-9-13-19/h7-18H,5-6H2,1-4H3,(H,24,27). The maximum Gasteiger partial charge on any atom is 0.223 e. The second-order valence-corrected chi connectivity index (χ2v) is 7.16. The van der Waals surface area contributed by atoms with Gasteiger partial charge >= 0.3 is 0 Å². The van der Waals surface area contributed by atoms with Crippen molar-refractivity contribution in [3.63, 3.8) is 0 Å². The van der Waals surface area contributed by atoms with Crippen molar-refractivity contribution in [1.29, 1.82) is 0 Å². The Labute approximate surface area is 161 Å². The molecule has 0 spiro atoms. The lowest BCUT2D eigenvalue weighted by atomic mass is 10.0. The van der Waals surface area contributed by atoms with Crippen LogP contribution in [-0.4, -0.2) is 15.5 Å². The zero-order valence-corrected chi connectivity index (χ0v) is 16.6. The van der Waals surface area contributed by atoms with E-state index >= 15 is 0 Å². The average molecular weight is 364 g/mol. The summed E-state index contributed by atoms with van der Waals surface area (Å²) >= 11 is 0. The molecule has 1 aromatic heterocycles. The number of para-hydroxylation sites is 2. The topological polar surface area (TPSA) is 46.9 Å². The van der Waals surface area contributed by atoms with Crippen LogP contribution in [0.2, 0.25) is 0 Å². The van der Waals surface area contributed by atoms with E-state index in [1.165, 1.54) is 5.56 Å². The Bertz CT molecular complexity index is 896. The lowest BCUT2D eigenvalue weighted by Crippen LogP contribution is -2.34. The number of amides is 1. The molecule has 3 aromatic rings. The van der Waals surface area contributed by atoms with Crippen molar-refractivity contribution < 1.29 is 4.79 Å². The number of aromatic nitrogens is 2. The van der Waals surface area contributed by atoms with E-state index in [0.29, 0.717) is 0 Å². The largest absolute Gasteiger partial charge is 0.346 e. The lowest BCUT2D eigenvalue weighted by molar-refractivity contribution is -0.125. The molecule has 3 rings (SSSR count). The van der Waals surface area contributed by atoms with E-state index in [1.54, 1.807) is 0 Å². The molecule has 4 heteroatoms. The van der Waals surface area contributed by atoms with Crippen molar-refractivity contribution in [3.05, 3.63) is 66.0 Å². The van der Waals surface area contributed by atoms with Crippen molar-refractivity contribution in [3.8, 4) is 0 Å². The van der Waals surface area contributed by atoms with Gasteiger partial charge in [-0.1, -0.05) is 56.3 Å². The smallest absolute Gasteiger partial charge is 0.223 e. The highest BCUT2D eigenvalue weighted by Crippen LogP contribution is 2.29. The first kappa shape index (κ1) is 19.2. The zero-order chi connectivity index (χ0) is 19.4. The monoisotopic (exact) mass is 363 g/mol. The van der Waals surface area contributed by atoms with Crippen molar-refractivity contribution >= 4 is 16.9 Å². The highest BCUT2D eigenvalue weighted by molar-refractivity contribution is 5.80. The summed E-state index contributed by atoms with van der Waals surface area (Å²) in [6.45, 7) is 8.33. The van der Waals surface area contributed by atoms with Gasteiger partial charge in [0.25, 0.3) is 0 Å². The van der Waals surface area contributed by atoms with Crippen molar-refractivity contribution in [2.45, 2.75) is 52.6 Å². The Morgan fingerprint density at radius 2 is 1.63 bits per heavy atom. The van der Waals surface area contributed by atoms with E-state index in [1.807, 2.05) is 31.2 Å². The fourth-order valence-corrected chi connectivity index (χ4v) is 3.71. The van der Waals surface area contributed by atoms with E-state index in [4.69, 9.17) is 4.98 Å². The van der Waals surface area contributed by atoms with Crippen LogP contribution in [0.3, 0.4) is 0 Å². The molecule has 2 aromatic carbocycles. The predicted molar refractivity (Wildman–Crippen MR) is 111 cm³/mol. The van der Waals surface area contributed by atoms with Crippen LogP contribution >= 0.6 is 0 Å². The molecule has 0 aliphatic heterocycles. The quantitative estimate of drug-likeness (QED) is 0.622. The number of imidazole rings is 1. The maximum atomic E-state index is 12.6. The number of benzene rings is 2. The fourth-order valence-electron chi connectivity index (χ4n) is 3.71. The summed E-state index contributed by atoms with van der Waals surface area (Å²) in [5.74, 6) is 1.06. The minimum atomic E-state index is -0.156. The molecule has 1 heterocycles. The number of carbonyl (C=O) groups excluding carboxylic acids is 1. The van der Waals surface area contributed by atoms with Gasteiger partial charge in [0.1, 0.15) is 5.82 Å².